The zero-order valence-electron chi connectivity index (χ0n) is 12.8. The van der Waals surface area contributed by atoms with Crippen molar-refractivity contribution in [3.8, 4) is 0 Å². The maximum Gasteiger partial charge on any atom is 0.312 e. The molecule has 0 aromatic heterocycles. The molecule has 0 bridgehead atoms. The number of carbonyl (C=O) groups is 2. The summed E-state index contributed by atoms with van der Waals surface area (Å²) in [5.74, 6) is -0.936. The van der Waals surface area contributed by atoms with E-state index in [4.69, 9.17) is 18.9 Å². The Bertz CT molecular complexity index is 497. The molecule has 4 fully saturated rings. The number of hydrogen-bond acceptors (Lipinski definition) is 6. The van der Waals surface area contributed by atoms with E-state index in [-0.39, 0.29) is 29.4 Å². The molecule has 0 aromatic carbocycles. The van der Waals surface area contributed by atoms with Gasteiger partial charge in [0.15, 0.2) is 5.79 Å². The van der Waals surface area contributed by atoms with Crippen LogP contribution < -0.4 is 0 Å². The maximum absolute atomic E-state index is 12.1. The lowest BCUT2D eigenvalue weighted by atomic mass is 9.54. The van der Waals surface area contributed by atoms with Gasteiger partial charge in [0, 0.05) is 18.3 Å². The molecule has 0 radical (unpaired) electrons. The number of carbonyl (C=O) groups excluding carboxylic acids is 2. The van der Waals surface area contributed by atoms with E-state index in [9.17, 15) is 9.59 Å². The first kappa shape index (κ1) is 14.5. The summed E-state index contributed by atoms with van der Waals surface area (Å²) < 4.78 is 22.2. The van der Waals surface area contributed by atoms with Crippen LogP contribution >= 0.6 is 0 Å². The van der Waals surface area contributed by atoms with Crippen molar-refractivity contribution in [1.29, 1.82) is 0 Å². The Kier molecular flexibility index (Phi) is 3.24. The van der Waals surface area contributed by atoms with Crippen molar-refractivity contribution in [2.45, 2.75) is 50.4 Å². The first-order valence-electron chi connectivity index (χ1n) is 8.14. The van der Waals surface area contributed by atoms with E-state index in [2.05, 4.69) is 0 Å². The molecular formula is C16H22O6. The van der Waals surface area contributed by atoms with Gasteiger partial charge >= 0.3 is 11.9 Å². The van der Waals surface area contributed by atoms with Gasteiger partial charge in [-0.2, -0.15) is 0 Å². The standard InChI is InChI=1S/C16H22O6/c1-19-14(18)11-3-2-10-8-16(20-6-7-21-16)5-4-15(10)9-12(17)22-13(11)15/h10-11,13H,2-9H2,1H3. The van der Waals surface area contributed by atoms with Crippen LogP contribution in [0.15, 0.2) is 0 Å². The Morgan fingerprint density at radius 1 is 1.23 bits per heavy atom. The van der Waals surface area contributed by atoms with Crippen molar-refractivity contribution in [3.05, 3.63) is 0 Å². The molecule has 4 unspecified atom stereocenters. The lowest BCUT2D eigenvalue weighted by Gasteiger charge is -2.52. The zero-order chi connectivity index (χ0) is 15.4. The molecule has 4 aliphatic rings. The van der Waals surface area contributed by atoms with E-state index < -0.39 is 5.79 Å². The molecule has 0 aromatic rings. The summed E-state index contributed by atoms with van der Waals surface area (Å²) in [6.45, 7) is 1.28. The van der Waals surface area contributed by atoms with Gasteiger partial charge in [0.1, 0.15) is 6.10 Å². The van der Waals surface area contributed by atoms with Gasteiger partial charge in [-0.1, -0.05) is 0 Å². The lowest BCUT2D eigenvalue weighted by molar-refractivity contribution is -0.224. The van der Waals surface area contributed by atoms with Gasteiger partial charge < -0.3 is 18.9 Å². The average Bonchev–Trinajstić information content (AvgIpc) is 3.09. The van der Waals surface area contributed by atoms with Crippen molar-refractivity contribution in [1.82, 2.24) is 0 Å². The summed E-state index contributed by atoms with van der Waals surface area (Å²) in [4.78, 5) is 24.1. The Morgan fingerprint density at radius 2 is 2.00 bits per heavy atom. The van der Waals surface area contributed by atoms with Crippen molar-refractivity contribution in [2.24, 2.45) is 17.3 Å². The van der Waals surface area contributed by atoms with Gasteiger partial charge in [-0.15, -0.1) is 0 Å². The molecule has 22 heavy (non-hydrogen) atoms. The zero-order valence-corrected chi connectivity index (χ0v) is 12.8. The summed E-state index contributed by atoms with van der Waals surface area (Å²) in [5.41, 5.74) is -0.241. The minimum atomic E-state index is -0.468. The molecule has 0 N–H and O–H groups in total. The minimum absolute atomic E-state index is 0.185. The highest BCUT2D eigenvalue weighted by atomic mass is 16.7. The number of hydrogen-bond donors (Lipinski definition) is 0. The molecule has 6 heteroatoms. The van der Waals surface area contributed by atoms with E-state index in [1.807, 2.05) is 0 Å². The van der Waals surface area contributed by atoms with Crippen LogP contribution in [0.5, 0.6) is 0 Å². The van der Waals surface area contributed by atoms with Crippen molar-refractivity contribution in [3.63, 3.8) is 0 Å². The molecule has 2 saturated heterocycles. The molecule has 4 rings (SSSR count). The first-order chi connectivity index (χ1) is 10.6. The Labute approximate surface area is 129 Å². The normalized spacial score (nSPS) is 42.6. The van der Waals surface area contributed by atoms with Crippen LogP contribution in [0.2, 0.25) is 0 Å². The van der Waals surface area contributed by atoms with Crippen LogP contribution in [-0.4, -0.2) is 44.2 Å². The van der Waals surface area contributed by atoms with Crippen LogP contribution in [0.25, 0.3) is 0 Å². The number of esters is 2. The summed E-state index contributed by atoms with van der Waals surface area (Å²) in [6.07, 6.45) is 4.03. The monoisotopic (exact) mass is 310 g/mol. The SMILES string of the molecule is COC(=O)C1CCC2CC3(CCC24CC(=O)OC14)OCCO3. The molecule has 2 spiro atoms. The molecule has 6 nitrogen and oxygen atoms in total. The highest BCUT2D eigenvalue weighted by Crippen LogP contribution is 2.61. The highest BCUT2D eigenvalue weighted by Gasteiger charge is 2.64. The van der Waals surface area contributed by atoms with E-state index in [0.29, 0.717) is 32.0 Å². The molecule has 2 saturated carbocycles. The third kappa shape index (κ3) is 1.93. The highest BCUT2D eigenvalue weighted by molar-refractivity contribution is 5.78. The Hall–Kier alpha value is -1.14. The Balaban J connectivity index is 1.63. The third-order valence-electron chi connectivity index (χ3n) is 6.15. The van der Waals surface area contributed by atoms with Gasteiger partial charge in [0.25, 0.3) is 0 Å². The predicted molar refractivity (Wildman–Crippen MR) is 73.6 cm³/mol. The first-order valence-corrected chi connectivity index (χ1v) is 8.14. The van der Waals surface area contributed by atoms with Gasteiger partial charge in [0.05, 0.1) is 32.7 Å². The second-order valence-electron chi connectivity index (χ2n) is 7.04. The second kappa shape index (κ2) is 4.93. The van der Waals surface area contributed by atoms with E-state index in [1.54, 1.807) is 0 Å². The average molecular weight is 310 g/mol. The fourth-order valence-electron chi connectivity index (χ4n) is 5.14. The fraction of sp³-hybridized carbons (Fsp3) is 0.875. The van der Waals surface area contributed by atoms with E-state index in [1.165, 1.54) is 7.11 Å². The van der Waals surface area contributed by atoms with Crippen LogP contribution in [0.3, 0.4) is 0 Å². The van der Waals surface area contributed by atoms with Crippen LogP contribution in [0.1, 0.15) is 38.5 Å². The number of ether oxygens (including phenoxy) is 4. The summed E-state index contributed by atoms with van der Waals surface area (Å²) in [6, 6.07) is 0. The van der Waals surface area contributed by atoms with Gasteiger partial charge in [0.2, 0.25) is 0 Å². The van der Waals surface area contributed by atoms with E-state index >= 15 is 0 Å². The predicted octanol–water partition coefficient (Wildman–Crippen LogP) is 1.41. The lowest BCUT2D eigenvalue weighted by Crippen LogP contribution is -2.55. The Morgan fingerprint density at radius 3 is 2.73 bits per heavy atom. The fourth-order valence-corrected chi connectivity index (χ4v) is 5.14. The number of methoxy groups -OCH3 is 1. The van der Waals surface area contributed by atoms with E-state index in [0.717, 1.165) is 25.7 Å². The van der Waals surface area contributed by atoms with Crippen LogP contribution in [-0.2, 0) is 28.5 Å². The summed E-state index contributed by atoms with van der Waals surface area (Å²) in [7, 11) is 1.40. The summed E-state index contributed by atoms with van der Waals surface area (Å²) >= 11 is 0. The van der Waals surface area contributed by atoms with Crippen molar-refractivity contribution < 1.29 is 28.5 Å². The van der Waals surface area contributed by atoms with Crippen LogP contribution in [0.4, 0.5) is 0 Å². The molecule has 2 heterocycles. The second-order valence-corrected chi connectivity index (χ2v) is 7.04. The van der Waals surface area contributed by atoms with Gasteiger partial charge in [-0.25, -0.2) is 0 Å². The summed E-state index contributed by atoms with van der Waals surface area (Å²) in [5, 5.41) is 0. The van der Waals surface area contributed by atoms with Gasteiger partial charge in [-0.3, -0.25) is 9.59 Å². The molecule has 2 aliphatic heterocycles. The molecule has 2 aliphatic carbocycles. The van der Waals surface area contributed by atoms with Gasteiger partial charge in [-0.05, 0) is 25.2 Å². The largest absolute Gasteiger partial charge is 0.469 e. The number of rotatable bonds is 1. The van der Waals surface area contributed by atoms with Crippen molar-refractivity contribution in [2.75, 3.05) is 20.3 Å². The minimum Gasteiger partial charge on any atom is -0.469 e. The molecule has 4 atom stereocenters. The quantitative estimate of drug-likeness (QED) is 0.682. The molecule has 0 amide bonds. The smallest absolute Gasteiger partial charge is 0.312 e. The van der Waals surface area contributed by atoms with Crippen molar-refractivity contribution >= 4 is 11.9 Å². The van der Waals surface area contributed by atoms with Crippen LogP contribution in [0, 0.1) is 17.3 Å². The third-order valence-corrected chi connectivity index (χ3v) is 6.15. The molecular weight excluding hydrogens is 288 g/mol. The topological polar surface area (TPSA) is 71.1 Å². The molecule has 122 valence electrons. The maximum atomic E-state index is 12.1.